The van der Waals surface area contributed by atoms with Crippen molar-refractivity contribution in [3.05, 3.63) is 52.9 Å². The minimum Gasteiger partial charge on any atom is -0.478 e. The maximum atomic E-state index is 11.2. The third-order valence-corrected chi connectivity index (χ3v) is 2.74. The zero-order valence-corrected chi connectivity index (χ0v) is 11.2. The van der Waals surface area contributed by atoms with Gasteiger partial charge in [0.05, 0.1) is 17.6 Å². The molecule has 0 aliphatic carbocycles. The number of benzene rings is 1. The van der Waals surface area contributed by atoms with E-state index in [9.17, 15) is 9.90 Å². The zero-order chi connectivity index (χ0) is 14.0. The lowest BCUT2D eigenvalue weighted by molar-refractivity contribution is 0.0696. The predicted octanol–water partition coefficient (Wildman–Crippen LogP) is 3.30. The van der Waals surface area contributed by atoms with Gasteiger partial charge in [0, 0.05) is 0 Å². The topological polar surface area (TPSA) is 55.1 Å². The van der Waals surface area contributed by atoms with E-state index in [1.807, 2.05) is 51.1 Å². The SMILES string of the molecule is CC(C)=Cc1c(C(=O)O)cnn1-c1ccc(C)cc1. The summed E-state index contributed by atoms with van der Waals surface area (Å²) in [6.45, 7) is 5.86. The van der Waals surface area contributed by atoms with E-state index in [0.717, 1.165) is 16.8 Å². The third kappa shape index (κ3) is 2.73. The number of nitrogens with zero attached hydrogens (tertiary/aromatic N) is 2. The fourth-order valence-corrected chi connectivity index (χ4v) is 1.83. The number of hydrogen-bond acceptors (Lipinski definition) is 2. The van der Waals surface area contributed by atoms with Crippen molar-refractivity contribution in [3.8, 4) is 5.69 Å². The molecule has 1 N–H and O–H groups in total. The fraction of sp³-hybridized carbons (Fsp3) is 0.200. The van der Waals surface area contributed by atoms with Crippen LogP contribution in [0.2, 0.25) is 0 Å². The molecular weight excluding hydrogens is 240 g/mol. The van der Waals surface area contributed by atoms with Gasteiger partial charge >= 0.3 is 5.97 Å². The molecule has 0 fully saturated rings. The van der Waals surface area contributed by atoms with Gasteiger partial charge in [-0.05, 0) is 39.0 Å². The Morgan fingerprint density at radius 1 is 1.26 bits per heavy atom. The Labute approximate surface area is 112 Å². The molecule has 0 bridgehead atoms. The summed E-state index contributed by atoms with van der Waals surface area (Å²) in [5, 5.41) is 13.4. The third-order valence-electron chi connectivity index (χ3n) is 2.74. The quantitative estimate of drug-likeness (QED) is 0.916. The van der Waals surface area contributed by atoms with Gasteiger partial charge in [-0.1, -0.05) is 23.3 Å². The van der Waals surface area contributed by atoms with Crippen LogP contribution in [0.4, 0.5) is 0 Å². The fourth-order valence-electron chi connectivity index (χ4n) is 1.83. The molecule has 1 aromatic carbocycles. The molecule has 0 aliphatic heterocycles. The lowest BCUT2D eigenvalue weighted by atomic mass is 10.1. The first-order valence-corrected chi connectivity index (χ1v) is 6.02. The van der Waals surface area contributed by atoms with Gasteiger partial charge in [-0.2, -0.15) is 5.10 Å². The van der Waals surface area contributed by atoms with Gasteiger partial charge in [0.25, 0.3) is 0 Å². The van der Waals surface area contributed by atoms with Gasteiger partial charge in [-0.3, -0.25) is 0 Å². The standard InChI is InChI=1S/C15H16N2O2/c1-10(2)8-14-13(15(18)19)9-16-17(14)12-6-4-11(3)5-7-12/h4-9H,1-3H3,(H,18,19). The molecule has 2 aromatic rings. The van der Waals surface area contributed by atoms with Crippen LogP contribution in [0.1, 0.15) is 35.5 Å². The highest BCUT2D eigenvalue weighted by Crippen LogP contribution is 2.18. The van der Waals surface area contributed by atoms with Crippen LogP contribution < -0.4 is 0 Å². The first kappa shape index (κ1) is 13.1. The molecule has 0 saturated heterocycles. The van der Waals surface area contributed by atoms with Crippen LogP contribution in [-0.4, -0.2) is 20.9 Å². The van der Waals surface area contributed by atoms with Crippen molar-refractivity contribution in [2.45, 2.75) is 20.8 Å². The van der Waals surface area contributed by atoms with Crippen LogP contribution in [0.5, 0.6) is 0 Å². The summed E-state index contributed by atoms with van der Waals surface area (Å²) < 4.78 is 1.65. The van der Waals surface area contributed by atoms with Crippen LogP contribution in [0.3, 0.4) is 0 Å². The average molecular weight is 256 g/mol. The van der Waals surface area contributed by atoms with E-state index in [1.165, 1.54) is 6.20 Å². The molecule has 0 atom stereocenters. The first-order chi connectivity index (χ1) is 8.99. The van der Waals surface area contributed by atoms with Crippen LogP contribution in [-0.2, 0) is 0 Å². The highest BCUT2D eigenvalue weighted by molar-refractivity contribution is 5.91. The Balaban J connectivity index is 2.60. The summed E-state index contributed by atoms with van der Waals surface area (Å²) in [5.41, 5.74) is 3.83. The second kappa shape index (κ2) is 5.10. The smallest absolute Gasteiger partial charge is 0.339 e. The Bertz CT molecular complexity index is 633. The average Bonchev–Trinajstić information content (AvgIpc) is 2.73. The molecule has 19 heavy (non-hydrogen) atoms. The molecular formula is C15H16N2O2. The van der Waals surface area contributed by atoms with Crippen molar-refractivity contribution in [2.24, 2.45) is 0 Å². The van der Waals surface area contributed by atoms with E-state index in [0.29, 0.717) is 5.69 Å². The number of aromatic nitrogens is 2. The number of carboxylic acids is 1. The van der Waals surface area contributed by atoms with Crippen molar-refractivity contribution >= 4 is 12.0 Å². The summed E-state index contributed by atoms with van der Waals surface area (Å²) in [5.74, 6) is -0.967. The maximum Gasteiger partial charge on any atom is 0.339 e. The molecule has 1 heterocycles. The molecule has 0 amide bonds. The minimum atomic E-state index is -0.967. The maximum absolute atomic E-state index is 11.2. The van der Waals surface area contributed by atoms with Gasteiger partial charge in [0.2, 0.25) is 0 Å². The molecule has 4 heteroatoms. The second-order valence-electron chi connectivity index (χ2n) is 4.72. The highest BCUT2D eigenvalue weighted by atomic mass is 16.4. The van der Waals surface area contributed by atoms with Crippen molar-refractivity contribution in [2.75, 3.05) is 0 Å². The zero-order valence-electron chi connectivity index (χ0n) is 11.2. The van der Waals surface area contributed by atoms with Gasteiger partial charge in [-0.15, -0.1) is 0 Å². The van der Waals surface area contributed by atoms with E-state index in [2.05, 4.69) is 5.10 Å². The van der Waals surface area contributed by atoms with Crippen molar-refractivity contribution in [3.63, 3.8) is 0 Å². The van der Waals surface area contributed by atoms with Crippen molar-refractivity contribution in [1.29, 1.82) is 0 Å². The number of carboxylic acid groups (broad SMARTS) is 1. The van der Waals surface area contributed by atoms with E-state index < -0.39 is 5.97 Å². The van der Waals surface area contributed by atoms with Crippen LogP contribution in [0.15, 0.2) is 36.0 Å². The summed E-state index contributed by atoms with van der Waals surface area (Å²) in [4.78, 5) is 11.2. The summed E-state index contributed by atoms with van der Waals surface area (Å²) in [7, 11) is 0. The summed E-state index contributed by atoms with van der Waals surface area (Å²) in [6.07, 6.45) is 3.22. The summed E-state index contributed by atoms with van der Waals surface area (Å²) >= 11 is 0. The van der Waals surface area contributed by atoms with Crippen LogP contribution in [0.25, 0.3) is 11.8 Å². The molecule has 0 aliphatic rings. The number of allylic oxidation sites excluding steroid dienone is 1. The summed E-state index contributed by atoms with van der Waals surface area (Å²) in [6, 6.07) is 7.81. The second-order valence-corrected chi connectivity index (χ2v) is 4.72. The molecule has 1 aromatic heterocycles. The van der Waals surface area contributed by atoms with Gasteiger partial charge < -0.3 is 5.11 Å². The van der Waals surface area contributed by atoms with Crippen molar-refractivity contribution < 1.29 is 9.90 Å². The molecule has 98 valence electrons. The van der Waals surface area contributed by atoms with E-state index >= 15 is 0 Å². The van der Waals surface area contributed by atoms with Crippen LogP contribution >= 0.6 is 0 Å². The first-order valence-electron chi connectivity index (χ1n) is 6.02. The number of carbonyl (C=O) groups is 1. The number of aromatic carboxylic acids is 1. The Morgan fingerprint density at radius 2 is 1.89 bits per heavy atom. The number of aryl methyl sites for hydroxylation is 1. The van der Waals surface area contributed by atoms with Crippen molar-refractivity contribution in [1.82, 2.24) is 9.78 Å². The predicted molar refractivity (Wildman–Crippen MR) is 74.6 cm³/mol. The molecule has 0 unspecified atom stereocenters. The largest absolute Gasteiger partial charge is 0.478 e. The molecule has 0 spiro atoms. The lowest BCUT2D eigenvalue weighted by Gasteiger charge is -2.06. The van der Waals surface area contributed by atoms with Gasteiger partial charge in [0.15, 0.2) is 0 Å². The Morgan fingerprint density at radius 3 is 2.42 bits per heavy atom. The van der Waals surface area contributed by atoms with Crippen LogP contribution in [0, 0.1) is 6.92 Å². The minimum absolute atomic E-state index is 0.210. The normalized spacial score (nSPS) is 10.3. The van der Waals surface area contributed by atoms with E-state index in [-0.39, 0.29) is 5.56 Å². The van der Waals surface area contributed by atoms with E-state index in [1.54, 1.807) is 4.68 Å². The lowest BCUT2D eigenvalue weighted by Crippen LogP contribution is -2.03. The monoisotopic (exact) mass is 256 g/mol. The number of rotatable bonds is 3. The Hall–Kier alpha value is -2.36. The van der Waals surface area contributed by atoms with Gasteiger partial charge in [0.1, 0.15) is 5.56 Å². The molecule has 0 radical (unpaired) electrons. The van der Waals surface area contributed by atoms with E-state index in [4.69, 9.17) is 0 Å². The van der Waals surface area contributed by atoms with Gasteiger partial charge in [-0.25, -0.2) is 9.48 Å². The molecule has 2 rings (SSSR count). The number of hydrogen-bond donors (Lipinski definition) is 1. The molecule has 0 saturated carbocycles. The molecule has 4 nitrogen and oxygen atoms in total. The Kier molecular flexibility index (Phi) is 3.51. The highest BCUT2D eigenvalue weighted by Gasteiger charge is 2.15.